The van der Waals surface area contributed by atoms with Crippen molar-refractivity contribution in [2.24, 2.45) is 5.41 Å². The predicted molar refractivity (Wildman–Crippen MR) is 82.5 cm³/mol. The minimum atomic E-state index is -1.19. The summed E-state index contributed by atoms with van der Waals surface area (Å²) in [4.78, 5) is 0. The number of hydrogen-bond acceptors (Lipinski definition) is 5. The van der Waals surface area contributed by atoms with Gasteiger partial charge in [-0.15, -0.1) is 0 Å². The molecule has 1 aliphatic carbocycles. The lowest BCUT2D eigenvalue weighted by atomic mass is 9.67. The highest BCUT2D eigenvalue weighted by molar-refractivity contribution is 5.26. The average molecular weight is 318 g/mol. The zero-order valence-corrected chi connectivity index (χ0v) is 13.3. The summed E-state index contributed by atoms with van der Waals surface area (Å²) in [5, 5.41) is 11.2. The summed E-state index contributed by atoms with van der Waals surface area (Å²) in [6, 6.07) is 9.84. The zero-order chi connectivity index (χ0) is 16.1. The van der Waals surface area contributed by atoms with Gasteiger partial charge in [-0.05, 0) is 6.42 Å². The first-order valence-corrected chi connectivity index (χ1v) is 7.99. The molecule has 2 heterocycles. The van der Waals surface area contributed by atoms with Crippen LogP contribution in [0.25, 0.3) is 0 Å². The third kappa shape index (κ3) is 2.12. The fourth-order valence-corrected chi connectivity index (χ4v) is 4.01. The maximum Gasteiger partial charge on any atom is 0.190 e. The van der Waals surface area contributed by atoms with E-state index in [4.69, 9.17) is 18.9 Å². The molecule has 2 aliphatic heterocycles. The van der Waals surface area contributed by atoms with E-state index in [1.807, 2.05) is 43.3 Å². The number of hydrogen-bond donors (Lipinski definition) is 1. The molecule has 0 saturated carbocycles. The van der Waals surface area contributed by atoms with Gasteiger partial charge in [-0.2, -0.15) is 0 Å². The highest BCUT2D eigenvalue weighted by Crippen LogP contribution is 2.54. The van der Waals surface area contributed by atoms with Gasteiger partial charge in [-0.25, -0.2) is 0 Å². The van der Waals surface area contributed by atoms with Crippen LogP contribution in [0.4, 0.5) is 0 Å². The Kier molecular flexibility index (Phi) is 3.59. The van der Waals surface area contributed by atoms with Gasteiger partial charge < -0.3 is 24.1 Å². The minimum absolute atomic E-state index is 0.259. The van der Waals surface area contributed by atoms with Gasteiger partial charge in [0.05, 0.1) is 12.7 Å². The molecule has 124 valence electrons. The Morgan fingerprint density at radius 1 is 1.22 bits per heavy atom. The van der Waals surface area contributed by atoms with Crippen LogP contribution in [0.15, 0.2) is 42.5 Å². The Labute approximate surface area is 135 Å². The summed E-state index contributed by atoms with van der Waals surface area (Å²) in [5.41, 5.74) is -0.729. The van der Waals surface area contributed by atoms with Gasteiger partial charge in [-0.3, -0.25) is 0 Å². The van der Waals surface area contributed by atoms with Crippen LogP contribution in [0.1, 0.15) is 25.2 Å². The minimum Gasteiger partial charge on any atom is -0.380 e. The maximum atomic E-state index is 11.2. The van der Waals surface area contributed by atoms with Crippen molar-refractivity contribution in [1.82, 2.24) is 0 Å². The van der Waals surface area contributed by atoms with E-state index >= 15 is 0 Å². The monoisotopic (exact) mass is 318 g/mol. The first-order valence-electron chi connectivity index (χ1n) is 7.99. The molecular weight excluding hydrogens is 296 g/mol. The summed E-state index contributed by atoms with van der Waals surface area (Å²) in [6.07, 6.45) is 2.80. The average Bonchev–Trinajstić information content (AvgIpc) is 2.91. The van der Waals surface area contributed by atoms with Crippen molar-refractivity contribution in [2.75, 3.05) is 13.7 Å². The van der Waals surface area contributed by atoms with Crippen LogP contribution in [0.2, 0.25) is 0 Å². The van der Waals surface area contributed by atoms with Crippen molar-refractivity contribution >= 4 is 0 Å². The summed E-state index contributed by atoms with van der Waals surface area (Å²) in [5.74, 6) is 0. The lowest BCUT2D eigenvalue weighted by Crippen LogP contribution is -2.69. The summed E-state index contributed by atoms with van der Waals surface area (Å²) >= 11 is 0. The number of methoxy groups -OCH3 is 1. The van der Waals surface area contributed by atoms with Crippen LogP contribution in [0, 0.1) is 5.41 Å². The van der Waals surface area contributed by atoms with Crippen molar-refractivity contribution in [3.63, 3.8) is 0 Å². The van der Waals surface area contributed by atoms with Crippen LogP contribution in [0.3, 0.4) is 0 Å². The number of aliphatic hydroxyl groups is 1. The first-order chi connectivity index (χ1) is 11.1. The molecule has 0 spiro atoms. The molecule has 4 rings (SSSR count). The van der Waals surface area contributed by atoms with Gasteiger partial charge >= 0.3 is 0 Å². The number of ether oxygens (including phenoxy) is 4. The van der Waals surface area contributed by atoms with Gasteiger partial charge in [0.25, 0.3) is 0 Å². The Hall–Kier alpha value is -1.24. The number of rotatable bonds is 2. The summed E-state index contributed by atoms with van der Waals surface area (Å²) in [7, 11) is 1.55. The molecule has 0 unspecified atom stereocenters. The van der Waals surface area contributed by atoms with E-state index in [1.165, 1.54) is 0 Å². The maximum absolute atomic E-state index is 11.2. The van der Waals surface area contributed by atoms with Crippen LogP contribution < -0.4 is 0 Å². The third-order valence-electron chi connectivity index (χ3n) is 5.42. The van der Waals surface area contributed by atoms with Gasteiger partial charge in [0.1, 0.15) is 11.7 Å². The number of allylic oxidation sites excluding steroid dienone is 1. The smallest absolute Gasteiger partial charge is 0.190 e. The van der Waals surface area contributed by atoms with E-state index < -0.39 is 23.6 Å². The Balaban J connectivity index is 1.65. The molecule has 0 bridgehead atoms. The molecule has 3 aliphatic rings. The van der Waals surface area contributed by atoms with Crippen molar-refractivity contribution in [2.45, 2.75) is 43.7 Å². The second-order valence-electron chi connectivity index (χ2n) is 6.72. The molecule has 0 amide bonds. The van der Waals surface area contributed by atoms with Crippen LogP contribution in [0.5, 0.6) is 0 Å². The molecule has 0 radical (unpaired) electrons. The van der Waals surface area contributed by atoms with Crippen molar-refractivity contribution < 1.29 is 24.1 Å². The van der Waals surface area contributed by atoms with Gasteiger partial charge in [0.15, 0.2) is 12.6 Å². The Morgan fingerprint density at radius 2 is 2.00 bits per heavy atom. The van der Waals surface area contributed by atoms with Crippen molar-refractivity contribution in [3.05, 3.63) is 48.0 Å². The molecule has 0 aromatic heterocycles. The topological polar surface area (TPSA) is 57.2 Å². The van der Waals surface area contributed by atoms with Gasteiger partial charge in [0, 0.05) is 18.1 Å². The van der Waals surface area contributed by atoms with Crippen molar-refractivity contribution in [3.8, 4) is 0 Å². The van der Waals surface area contributed by atoms with Gasteiger partial charge in [-0.1, -0.05) is 49.4 Å². The second kappa shape index (κ2) is 5.40. The molecular formula is C18H22O5. The molecule has 5 heteroatoms. The Morgan fingerprint density at radius 3 is 2.74 bits per heavy atom. The lowest BCUT2D eigenvalue weighted by Gasteiger charge is -2.56. The predicted octanol–water partition coefficient (Wildman–Crippen LogP) is 2.17. The van der Waals surface area contributed by atoms with Gasteiger partial charge in [0.2, 0.25) is 0 Å². The molecule has 6 atom stereocenters. The van der Waals surface area contributed by atoms with Crippen LogP contribution in [-0.4, -0.2) is 42.9 Å². The highest BCUT2D eigenvalue weighted by Gasteiger charge is 2.65. The number of fused-ring (bicyclic) bond motifs is 3. The summed E-state index contributed by atoms with van der Waals surface area (Å²) in [6.45, 7) is 2.45. The normalized spacial score (nSPS) is 45.5. The standard InChI is InChI=1S/C18H22O5/c1-17-9-6-10-18(17,19)16(20-2)22-13-11-21-15(23-14(13)17)12-7-4-3-5-8-12/h3-8,10,13-16,19H,9,11H2,1-2H3/t13-,14-,15-,16+,17+,18+/m1/s1. The summed E-state index contributed by atoms with van der Waals surface area (Å²) < 4.78 is 23.4. The fourth-order valence-electron chi connectivity index (χ4n) is 4.01. The quantitative estimate of drug-likeness (QED) is 0.847. The molecule has 1 aromatic rings. The fraction of sp³-hybridized carbons (Fsp3) is 0.556. The van der Waals surface area contributed by atoms with E-state index in [0.29, 0.717) is 6.61 Å². The molecule has 1 N–H and O–H groups in total. The first kappa shape index (κ1) is 15.3. The van der Waals surface area contributed by atoms with E-state index in [2.05, 4.69) is 0 Å². The van der Waals surface area contributed by atoms with E-state index in [1.54, 1.807) is 13.2 Å². The van der Waals surface area contributed by atoms with Crippen molar-refractivity contribution in [1.29, 1.82) is 0 Å². The second-order valence-corrected chi connectivity index (χ2v) is 6.72. The Bertz CT molecular complexity index is 603. The molecule has 5 nitrogen and oxygen atoms in total. The van der Waals surface area contributed by atoms with E-state index in [0.717, 1.165) is 12.0 Å². The number of benzene rings is 1. The lowest BCUT2D eigenvalue weighted by molar-refractivity contribution is -0.384. The van der Waals surface area contributed by atoms with Crippen LogP contribution >= 0.6 is 0 Å². The largest absolute Gasteiger partial charge is 0.380 e. The molecule has 2 fully saturated rings. The van der Waals surface area contributed by atoms with E-state index in [9.17, 15) is 5.11 Å². The molecule has 2 saturated heterocycles. The van der Waals surface area contributed by atoms with E-state index in [-0.39, 0.29) is 12.2 Å². The highest BCUT2D eigenvalue weighted by atomic mass is 16.7. The third-order valence-corrected chi connectivity index (χ3v) is 5.42. The van der Waals surface area contributed by atoms with Crippen LogP contribution in [-0.2, 0) is 18.9 Å². The SMILES string of the molecule is CO[C@H]1O[C@@H]2CO[C@@H](c3ccccc3)O[C@H]2[C@]2(C)CC=C[C@]12O. The molecule has 23 heavy (non-hydrogen) atoms. The zero-order valence-electron chi connectivity index (χ0n) is 13.3. The molecule has 1 aromatic carbocycles.